The van der Waals surface area contributed by atoms with E-state index in [1.165, 1.54) is 6.42 Å². The van der Waals surface area contributed by atoms with E-state index in [9.17, 15) is 0 Å². The molecule has 0 aromatic rings. The summed E-state index contributed by atoms with van der Waals surface area (Å²) in [6.07, 6.45) is 2.35. The van der Waals surface area contributed by atoms with Crippen LogP contribution in [0.4, 0.5) is 0 Å². The number of hydrogen-bond donors (Lipinski definition) is 1. The molecule has 0 bridgehead atoms. The lowest BCUT2D eigenvalue weighted by Gasteiger charge is -2.20. The molecule has 4 heteroatoms. The summed E-state index contributed by atoms with van der Waals surface area (Å²) in [6, 6.07) is 0.688. The zero-order chi connectivity index (χ0) is 11.8. The van der Waals surface area contributed by atoms with Gasteiger partial charge in [-0.15, -0.1) is 0 Å². The number of rotatable bonds is 8. The van der Waals surface area contributed by atoms with Crippen LogP contribution in [-0.4, -0.2) is 57.5 Å². The SMILES string of the molecule is COCCOCCCN1CC(CN)CC1C. The number of likely N-dealkylation sites (tertiary alicyclic amines) is 1. The van der Waals surface area contributed by atoms with E-state index < -0.39 is 0 Å². The number of nitrogens with zero attached hydrogens (tertiary/aromatic N) is 1. The topological polar surface area (TPSA) is 47.7 Å². The number of nitrogens with two attached hydrogens (primary N) is 1. The lowest BCUT2D eigenvalue weighted by Crippen LogP contribution is -2.29. The van der Waals surface area contributed by atoms with Gasteiger partial charge in [-0.2, -0.15) is 0 Å². The van der Waals surface area contributed by atoms with Gasteiger partial charge in [0, 0.05) is 32.8 Å². The van der Waals surface area contributed by atoms with Crippen LogP contribution in [0, 0.1) is 5.92 Å². The van der Waals surface area contributed by atoms with Crippen molar-refractivity contribution in [3.05, 3.63) is 0 Å². The Kier molecular flexibility index (Phi) is 6.96. The Balaban J connectivity index is 2.00. The standard InChI is InChI=1S/C12H26N2O2/c1-11-8-12(9-13)10-14(11)4-3-5-16-7-6-15-2/h11-12H,3-10,13H2,1-2H3. The fraction of sp³-hybridized carbons (Fsp3) is 1.00. The highest BCUT2D eigenvalue weighted by Gasteiger charge is 2.27. The maximum Gasteiger partial charge on any atom is 0.0700 e. The van der Waals surface area contributed by atoms with E-state index in [0.29, 0.717) is 25.2 Å². The molecule has 1 heterocycles. The molecule has 0 aliphatic carbocycles. The minimum Gasteiger partial charge on any atom is -0.382 e. The van der Waals surface area contributed by atoms with Gasteiger partial charge in [-0.3, -0.25) is 0 Å². The molecule has 0 amide bonds. The minimum absolute atomic E-state index is 0.688. The van der Waals surface area contributed by atoms with Gasteiger partial charge in [0.05, 0.1) is 13.2 Å². The Hall–Kier alpha value is -0.160. The molecule has 2 atom stereocenters. The first-order valence-corrected chi connectivity index (χ1v) is 6.28. The zero-order valence-electron chi connectivity index (χ0n) is 10.7. The maximum absolute atomic E-state index is 5.70. The van der Waals surface area contributed by atoms with E-state index in [4.69, 9.17) is 15.2 Å². The lowest BCUT2D eigenvalue weighted by atomic mass is 10.1. The number of hydrogen-bond acceptors (Lipinski definition) is 4. The highest BCUT2D eigenvalue weighted by Crippen LogP contribution is 2.21. The minimum atomic E-state index is 0.688. The van der Waals surface area contributed by atoms with Crippen LogP contribution in [0.2, 0.25) is 0 Å². The van der Waals surface area contributed by atoms with Gasteiger partial charge in [-0.1, -0.05) is 0 Å². The average molecular weight is 230 g/mol. The Morgan fingerprint density at radius 1 is 1.31 bits per heavy atom. The molecular formula is C12H26N2O2. The van der Waals surface area contributed by atoms with Gasteiger partial charge in [-0.25, -0.2) is 0 Å². The molecule has 0 spiro atoms. The second-order valence-corrected chi connectivity index (χ2v) is 4.64. The molecule has 1 aliphatic rings. The summed E-state index contributed by atoms with van der Waals surface area (Å²) in [6.45, 7) is 7.64. The quantitative estimate of drug-likeness (QED) is 0.624. The molecule has 2 unspecified atom stereocenters. The van der Waals surface area contributed by atoms with Crippen LogP contribution in [0.5, 0.6) is 0 Å². The Morgan fingerprint density at radius 3 is 2.75 bits per heavy atom. The molecule has 0 aromatic carbocycles. The second kappa shape index (κ2) is 8.01. The molecule has 96 valence electrons. The third kappa shape index (κ3) is 4.78. The average Bonchev–Trinajstić information content (AvgIpc) is 2.65. The van der Waals surface area contributed by atoms with Crippen LogP contribution in [0.1, 0.15) is 19.8 Å². The Labute approximate surface area is 99.1 Å². The van der Waals surface area contributed by atoms with Crippen LogP contribution in [0.25, 0.3) is 0 Å². The highest BCUT2D eigenvalue weighted by atomic mass is 16.5. The maximum atomic E-state index is 5.70. The van der Waals surface area contributed by atoms with Crippen LogP contribution in [-0.2, 0) is 9.47 Å². The first-order chi connectivity index (χ1) is 7.77. The first kappa shape index (κ1) is 13.9. The smallest absolute Gasteiger partial charge is 0.0700 e. The largest absolute Gasteiger partial charge is 0.382 e. The van der Waals surface area contributed by atoms with E-state index in [0.717, 1.165) is 32.7 Å². The van der Waals surface area contributed by atoms with Gasteiger partial charge in [0.25, 0.3) is 0 Å². The van der Waals surface area contributed by atoms with Crippen molar-refractivity contribution in [3.8, 4) is 0 Å². The summed E-state index contributed by atoms with van der Waals surface area (Å²) in [5.41, 5.74) is 5.70. The molecule has 16 heavy (non-hydrogen) atoms. The Bertz CT molecular complexity index is 178. The van der Waals surface area contributed by atoms with Crippen molar-refractivity contribution in [2.75, 3.05) is 46.6 Å². The van der Waals surface area contributed by atoms with Crippen molar-refractivity contribution in [1.82, 2.24) is 4.90 Å². The van der Waals surface area contributed by atoms with Crippen molar-refractivity contribution in [2.24, 2.45) is 11.7 Å². The van der Waals surface area contributed by atoms with Crippen molar-refractivity contribution >= 4 is 0 Å². The van der Waals surface area contributed by atoms with Gasteiger partial charge in [0.15, 0.2) is 0 Å². The summed E-state index contributed by atoms with van der Waals surface area (Å²) < 4.78 is 10.4. The van der Waals surface area contributed by atoms with Gasteiger partial charge in [0.1, 0.15) is 0 Å². The van der Waals surface area contributed by atoms with E-state index >= 15 is 0 Å². The number of ether oxygens (including phenoxy) is 2. The van der Waals surface area contributed by atoms with Crippen molar-refractivity contribution in [2.45, 2.75) is 25.8 Å². The molecule has 1 saturated heterocycles. The van der Waals surface area contributed by atoms with Crippen LogP contribution in [0.3, 0.4) is 0 Å². The predicted molar refractivity (Wildman–Crippen MR) is 65.5 cm³/mol. The molecule has 1 rings (SSSR count). The normalized spacial score (nSPS) is 26.4. The van der Waals surface area contributed by atoms with E-state index in [2.05, 4.69) is 11.8 Å². The summed E-state index contributed by atoms with van der Waals surface area (Å²) in [5.74, 6) is 0.699. The molecule has 0 aromatic heterocycles. The second-order valence-electron chi connectivity index (χ2n) is 4.64. The predicted octanol–water partition coefficient (Wildman–Crippen LogP) is 0.709. The van der Waals surface area contributed by atoms with E-state index in [-0.39, 0.29) is 0 Å². The molecule has 4 nitrogen and oxygen atoms in total. The number of methoxy groups -OCH3 is 1. The first-order valence-electron chi connectivity index (χ1n) is 6.28. The fourth-order valence-electron chi connectivity index (χ4n) is 2.31. The zero-order valence-corrected chi connectivity index (χ0v) is 10.7. The summed E-state index contributed by atoms with van der Waals surface area (Å²) >= 11 is 0. The molecule has 1 fully saturated rings. The van der Waals surface area contributed by atoms with E-state index in [1.807, 2.05) is 0 Å². The van der Waals surface area contributed by atoms with Crippen LogP contribution in [0.15, 0.2) is 0 Å². The molecule has 0 saturated carbocycles. The summed E-state index contributed by atoms with van der Waals surface area (Å²) in [5, 5.41) is 0. The van der Waals surface area contributed by atoms with Gasteiger partial charge >= 0.3 is 0 Å². The third-order valence-corrected chi connectivity index (χ3v) is 3.29. The van der Waals surface area contributed by atoms with Crippen LogP contribution >= 0.6 is 0 Å². The van der Waals surface area contributed by atoms with Crippen LogP contribution < -0.4 is 5.73 Å². The van der Waals surface area contributed by atoms with Gasteiger partial charge < -0.3 is 20.1 Å². The van der Waals surface area contributed by atoms with Crippen molar-refractivity contribution in [1.29, 1.82) is 0 Å². The molecular weight excluding hydrogens is 204 g/mol. The fourth-order valence-corrected chi connectivity index (χ4v) is 2.31. The third-order valence-electron chi connectivity index (χ3n) is 3.29. The molecule has 0 radical (unpaired) electrons. The molecule has 1 aliphatic heterocycles. The summed E-state index contributed by atoms with van der Waals surface area (Å²) in [4.78, 5) is 2.53. The lowest BCUT2D eigenvalue weighted by molar-refractivity contribution is 0.0648. The van der Waals surface area contributed by atoms with Gasteiger partial charge in [0.2, 0.25) is 0 Å². The monoisotopic (exact) mass is 230 g/mol. The molecule has 2 N–H and O–H groups in total. The summed E-state index contributed by atoms with van der Waals surface area (Å²) in [7, 11) is 1.70. The highest BCUT2D eigenvalue weighted by molar-refractivity contribution is 4.82. The van der Waals surface area contributed by atoms with Gasteiger partial charge in [-0.05, 0) is 32.2 Å². The van der Waals surface area contributed by atoms with E-state index in [1.54, 1.807) is 7.11 Å². The van der Waals surface area contributed by atoms with Crippen molar-refractivity contribution in [3.63, 3.8) is 0 Å². The Morgan fingerprint density at radius 2 is 2.12 bits per heavy atom. The van der Waals surface area contributed by atoms with Crippen molar-refractivity contribution < 1.29 is 9.47 Å².